The smallest absolute Gasteiger partial charge is 0.260 e. The molecule has 1 aliphatic heterocycles. The summed E-state index contributed by atoms with van der Waals surface area (Å²) in [4.78, 5) is 19.3. The van der Waals surface area contributed by atoms with Crippen molar-refractivity contribution in [1.29, 1.82) is 0 Å². The van der Waals surface area contributed by atoms with Crippen molar-refractivity contribution in [3.63, 3.8) is 0 Å². The Balaban J connectivity index is 1.80. The predicted molar refractivity (Wildman–Crippen MR) is 87.2 cm³/mol. The van der Waals surface area contributed by atoms with Crippen molar-refractivity contribution in [2.24, 2.45) is 0 Å². The summed E-state index contributed by atoms with van der Waals surface area (Å²) in [6.07, 6.45) is 4.15. The van der Waals surface area contributed by atoms with Crippen LogP contribution in [0.3, 0.4) is 0 Å². The molecule has 6 heteroatoms. The quantitative estimate of drug-likeness (QED) is 0.907. The van der Waals surface area contributed by atoms with Gasteiger partial charge < -0.3 is 10.1 Å². The van der Waals surface area contributed by atoms with E-state index in [1.54, 1.807) is 6.07 Å². The Labute approximate surface area is 127 Å². The molecule has 1 aromatic heterocycles. The molecule has 0 aliphatic carbocycles. The zero-order chi connectivity index (χ0) is 14.7. The number of rotatable bonds is 4. The van der Waals surface area contributed by atoms with E-state index in [-0.39, 0.29) is 10.3 Å². The maximum Gasteiger partial charge on any atom is 0.260 e. The van der Waals surface area contributed by atoms with Gasteiger partial charge in [0.15, 0.2) is 0 Å². The predicted octanol–water partition coefficient (Wildman–Crippen LogP) is 2.25. The lowest BCUT2D eigenvalue weighted by molar-refractivity contribution is 0.0802. The van der Waals surface area contributed by atoms with Crippen LogP contribution in [-0.4, -0.2) is 40.7 Å². The number of benzene rings is 1. The van der Waals surface area contributed by atoms with Gasteiger partial charge in [0, 0.05) is 24.5 Å². The number of para-hydroxylation sites is 1. The van der Waals surface area contributed by atoms with Crippen LogP contribution in [0.4, 0.5) is 5.95 Å². The molecule has 2 N–H and O–H groups in total. The first-order valence-corrected chi connectivity index (χ1v) is 8.31. The fourth-order valence-electron chi connectivity index (χ4n) is 2.61. The summed E-state index contributed by atoms with van der Waals surface area (Å²) in [5.74, 6) is 0.540. The van der Waals surface area contributed by atoms with Gasteiger partial charge in [-0.15, -0.1) is 0 Å². The van der Waals surface area contributed by atoms with Crippen molar-refractivity contribution in [2.75, 3.05) is 31.3 Å². The van der Waals surface area contributed by atoms with E-state index in [0.717, 1.165) is 32.6 Å². The first-order chi connectivity index (χ1) is 10.2. The molecular weight excluding hydrogens is 286 g/mol. The van der Waals surface area contributed by atoms with E-state index in [1.807, 2.05) is 30.0 Å². The molecule has 112 valence electrons. The van der Waals surface area contributed by atoms with Gasteiger partial charge in [0.1, 0.15) is 0 Å². The molecule has 0 saturated carbocycles. The second kappa shape index (κ2) is 6.07. The van der Waals surface area contributed by atoms with Crippen molar-refractivity contribution in [1.82, 2.24) is 9.97 Å². The first kappa shape index (κ1) is 14.4. The highest BCUT2D eigenvalue weighted by Crippen LogP contribution is 2.33. The number of thioether (sulfide) groups is 1. The van der Waals surface area contributed by atoms with Crippen LogP contribution in [0.15, 0.2) is 29.1 Å². The number of nitrogens with one attached hydrogen (secondary N) is 2. The zero-order valence-electron chi connectivity index (χ0n) is 12.0. The van der Waals surface area contributed by atoms with Crippen molar-refractivity contribution in [3.05, 3.63) is 34.6 Å². The Bertz CT molecular complexity index is 680. The Morgan fingerprint density at radius 3 is 2.90 bits per heavy atom. The molecule has 2 aromatic rings. The first-order valence-electron chi connectivity index (χ1n) is 7.08. The number of nitrogens with zero attached hydrogens (tertiary/aromatic N) is 1. The number of fused-ring (bicyclic) bond motifs is 1. The van der Waals surface area contributed by atoms with Crippen molar-refractivity contribution < 1.29 is 4.74 Å². The highest BCUT2D eigenvalue weighted by atomic mass is 32.2. The summed E-state index contributed by atoms with van der Waals surface area (Å²) >= 11 is 1.86. The molecule has 0 radical (unpaired) electrons. The van der Waals surface area contributed by atoms with Gasteiger partial charge in [0.25, 0.3) is 5.56 Å². The maximum atomic E-state index is 12.0. The number of hydrogen-bond donors (Lipinski definition) is 2. The molecule has 21 heavy (non-hydrogen) atoms. The highest BCUT2D eigenvalue weighted by molar-refractivity contribution is 8.00. The van der Waals surface area contributed by atoms with Crippen LogP contribution in [0, 0.1) is 0 Å². The molecule has 2 heterocycles. The number of aromatic nitrogens is 2. The Morgan fingerprint density at radius 1 is 1.38 bits per heavy atom. The van der Waals surface area contributed by atoms with Crippen molar-refractivity contribution >= 4 is 28.6 Å². The van der Waals surface area contributed by atoms with Gasteiger partial charge in [-0.05, 0) is 31.2 Å². The van der Waals surface area contributed by atoms with Gasteiger partial charge in [-0.1, -0.05) is 12.1 Å². The molecule has 0 spiro atoms. The molecule has 5 nitrogen and oxygen atoms in total. The molecule has 0 atom stereocenters. The average Bonchev–Trinajstić information content (AvgIpc) is 2.54. The second-order valence-corrected chi connectivity index (χ2v) is 6.56. The summed E-state index contributed by atoms with van der Waals surface area (Å²) in [6, 6.07) is 7.37. The summed E-state index contributed by atoms with van der Waals surface area (Å²) in [5.41, 5.74) is 0.613. The fraction of sp³-hybridized carbons (Fsp3) is 0.467. The number of aromatic amines is 1. The molecule has 1 aromatic carbocycles. The van der Waals surface area contributed by atoms with Gasteiger partial charge in [-0.25, -0.2) is 4.98 Å². The number of anilines is 1. The van der Waals surface area contributed by atoms with Gasteiger partial charge in [-0.2, -0.15) is 11.8 Å². The summed E-state index contributed by atoms with van der Waals surface area (Å²) in [6.45, 7) is 2.37. The standard InChI is InChI=1S/C15H19N3O2S/c1-21-15(6-8-20-9-7-15)10-16-14-17-12-5-3-2-4-11(12)13(19)18-14/h2-5H,6-10H2,1H3,(H2,16,17,18,19). The monoisotopic (exact) mass is 305 g/mol. The lowest BCUT2D eigenvalue weighted by Gasteiger charge is -2.35. The van der Waals surface area contributed by atoms with Gasteiger partial charge in [-0.3, -0.25) is 9.78 Å². The summed E-state index contributed by atoms with van der Waals surface area (Å²) in [5, 5.41) is 3.92. The van der Waals surface area contributed by atoms with E-state index in [1.165, 1.54) is 0 Å². The Hall–Kier alpha value is -1.53. The van der Waals surface area contributed by atoms with E-state index in [0.29, 0.717) is 16.9 Å². The summed E-state index contributed by atoms with van der Waals surface area (Å²) in [7, 11) is 0. The minimum absolute atomic E-state index is 0.103. The normalized spacial score (nSPS) is 17.8. The largest absolute Gasteiger partial charge is 0.381 e. The number of H-pyrrole nitrogens is 1. The summed E-state index contributed by atoms with van der Waals surface area (Å²) < 4.78 is 5.60. The zero-order valence-corrected chi connectivity index (χ0v) is 12.8. The molecule has 0 bridgehead atoms. The third kappa shape index (κ3) is 3.06. The van der Waals surface area contributed by atoms with E-state index in [9.17, 15) is 4.79 Å². The highest BCUT2D eigenvalue weighted by Gasteiger charge is 2.31. The van der Waals surface area contributed by atoms with Crippen LogP contribution in [0.2, 0.25) is 0 Å². The van der Waals surface area contributed by atoms with Gasteiger partial charge in [0.2, 0.25) is 5.95 Å². The lowest BCUT2D eigenvalue weighted by atomic mass is 9.99. The van der Waals surface area contributed by atoms with Crippen LogP contribution < -0.4 is 10.9 Å². The van der Waals surface area contributed by atoms with Crippen LogP contribution in [-0.2, 0) is 4.74 Å². The lowest BCUT2D eigenvalue weighted by Crippen LogP contribution is -2.39. The van der Waals surface area contributed by atoms with Crippen LogP contribution in [0.1, 0.15) is 12.8 Å². The maximum absolute atomic E-state index is 12.0. The van der Waals surface area contributed by atoms with Gasteiger partial charge in [0.05, 0.1) is 10.9 Å². The minimum atomic E-state index is -0.103. The van der Waals surface area contributed by atoms with Crippen molar-refractivity contribution in [2.45, 2.75) is 17.6 Å². The van der Waals surface area contributed by atoms with E-state index >= 15 is 0 Å². The molecule has 0 amide bonds. The molecule has 1 aliphatic rings. The SMILES string of the molecule is CSC1(CNc2nc3ccccc3c(=O)[nH]2)CCOCC1. The van der Waals surface area contributed by atoms with E-state index in [4.69, 9.17) is 4.74 Å². The molecule has 1 saturated heterocycles. The van der Waals surface area contributed by atoms with E-state index < -0.39 is 0 Å². The van der Waals surface area contributed by atoms with E-state index in [2.05, 4.69) is 21.5 Å². The topological polar surface area (TPSA) is 67.0 Å². The van der Waals surface area contributed by atoms with Crippen LogP contribution >= 0.6 is 11.8 Å². The average molecular weight is 305 g/mol. The van der Waals surface area contributed by atoms with Crippen LogP contribution in [0.5, 0.6) is 0 Å². The molecule has 3 rings (SSSR count). The number of hydrogen-bond acceptors (Lipinski definition) is 5. The Kier molecular flexibility index (Phi) is 4.17. The number of ether oxygens (including phenoxy) is 1. The second-order valence-electron chi connectivity index (χ2n) is 5.28. The van der Waals surface area contributed by atoms with Crippen LogP contribution in [0.25, 0.3) is 10.9 Å². The van der Waals surface area contributed by atoms with Crippen molar-refractivity contribution in [3.8, 4) is 0 Å². The fourth-order valence-corrected chi connectivity index (χ4v) is 3.40. The van der Waals surface area contributed by atoms with Gasteiger partial charge >= 0.3 is 0 Å². The minimum Gasteiger partial charge on any atom is -0.381 e. The third-order valence-corrected chi connectivity index (χ3v) is 5.45. The Morgan fingerprint density at radius 2 is 2.14 bits per heavy atom. The third-order valence-electron chi connectivity index (χ3n) is 4.03. The molecular formula is C15H19N3O2S. The molecule has 0 unspecified atom stereocenters. The molecule has 1 fully saturated rings.